The van der Waals surface area contributed by atoms with E-state index in [1.807, 2.05) is 73.6 Å². The van der Waals surface area contributed by atoms with Gasteiger partial charge in [0, 0.05) is 12.6 Å². The first-order chi connectivity index (χ1) is 16.8. The molecule has 1 amide bonds. The first-order valence-electron chi connectivity index (χ1n) is 11.5. The van der Waals surface area contributed by atoms with Crippen molar-refractivity contribution in [2.45, 2.75) is 25.8 Å². The fraction of sp³-hybridized carbons (Fsp3) is 0.385. The number of carbonyl (C=O) groups is 2. The van der Waals surface area contributed by atoms with Crippen LogP contribution in [-0.4, -0.2) is 77.2 Å². The number of ether oxygens (including phenoxy) is 1. The smallest absolute Gasteiger partial charge is 0.314 e. The molecule has 3 rings (SSSR count). The van der Waals surface area contributed by atoms with E-state index >= 15 is 0 Å². The fourth-order valence-electron chi connectivity index (χ4n) is 3.74. The number of rotatable bonds is 12. The van der Waals surface area contributed by atoms with Gasteiger partial charge >= 0.3 is 5.97 Å². The van der Waals surface area contributed by atoms with Crippen molar-refractivity contribution < 1.29 is 19.4 Å². The van der Waals surface area contributed by atoms with E-state index in [9.17, 15) is 14.7 Å². The van der Waals surface area contributed by atoms with E-state index in [1.54, 1.807) is 6.92 Å². The summed E-state index contributed by atoms with van der Waals surface area (Å²) in [5.74, 6) is -0.883. The predicted octanol–water partition coefficient (Wildman–Crippen LogP) is 2.31. The van der Waals surface area contributed by atoms with Gasteiger partial charge in [-0.05, 0) is 50.6 Å². The molecule has 2 aromatic carbocycles. The molecule has 0 aliphatic rings. The zero-order valence-electron chi connectivity index (χ0n) is 20.4. The Morgan fingerprint density at radius 2 is 1.80 bits per heavy atom. The Bertz CT molecular complexity index is 1070. The number of likely N-dealkylation sites (N-methyl/N-ethyl adjacent to an activating group) is 1. The van der Waals surface area contributed by atoms with Gasteiger partial charge in [0.1, 0.15) is 12.3 Å². The highest BCUT2D eigenvalue weighted by Gasteiger charge is 2.37. The first-order valence-corrected chi connectivity index (χ1v) is 11.5. The van der Waals surface area contributed by atoms with Gasteiger partial charge in [-0.15, -0.1) is 5.10 Å². The van der Waals surface area contributed by atoms with Crippen LogP contribution in [0.15, 0.2) is 60.8 Å². The van der Waals surface area contributed by atoms with Crippen LogP contribution >= 0.6 is 0 Å². The summed E-state index contributed by atoms with van der Waals surface area (Å²) in [7, 11) is 3.77. The van der Waals surface area contributed by atoms with Gasteiger partial charge in [0.2, 0.25) is 0 Å². The molecule has 2 unspecified atom stereocenters. The molecular formula is C26H33N5O4. The maximum Gasteiger partial charge on any atom is 0.314 e. The van der Waals surface area contributed by atoms with Gasteiger partial charge in [-0.3, -0.25) is 14.7 Å². The number of benzene rings is 2. The summed E-state index contributed by atoms with van der Waals surface area (Å²) in [6.45, 7) is 2.05. The van der Waals surface area contributed by atoms with Crippen LogP contribution in [0.4, 0.5) is 0 Å². The third kappa shape index (κ3) is 7.46. The van der Waals surface area contributed by atoms with Crippen LogP contribution in [0.25, 0.3) is 11.1 Å². The number of carbonyl (C=O) groups excluding carboxylic acids is 2. The van der Waals surface area contributed by atoms with E-state index in [2.05, 4.69) is 20.7 Å². The molecule has 0 saturated heterocycles. The molecule has 0 fully saturated rings. The number of aromatic nitrogens is 3. The molecular weight excluding hydrogens is 446 g/mol. The molecule has 1 aromatic heterocycles. The molecule has 3 aromatic rings. The number of aliphatic hydroxyl groups is 1. The first kappa shape index (κ1) is 26.1. The monoisotopic (exact) mass is 479 g/mol. The van der Waals surface area contributed by atoms with Gasteiger partial charge in [-0.1, -0.05) is 59.8 Å². The number of esters is 1. The molecule has 35 heavy (non-hydrogen) atoms. The van der Waals surface area contributed by atoms with Crippen molar-refractivity contribution in [1.82, 2.24) is 25.6 Å². The van der Waals surface area contributed by atoms with Crippen LogP contribution in [0.2, 0.25) is 0 Å². The summed E-state index contributed by atoms with van der Waals surface area (Å²) >= 11 is 0. The number of aliphatic hydroxyl groups excluding tert-OH is 1. The van der Waals surface area contributed by atoms with Gasteiger partial charge in [0.15, 0.2) is 0 Å². The predicted molar refractivity (Wildman–Crippen MR) is 133 cm³/mol. The summed E-state index contributed by atoms with van der Waals surface area (Å²) in [4.78, 5) is 27.5. The number of H-pyrrole nitrogens is 1. The average molecular weight is 480 g/mol. The molecule has 0 bridgehead atoms. The van der Waals surface area contributed by atoms with Crippen LogP contribution in [0.3, 0.4) is 0 Å². The lowest BCUT2D eigenvalue weighted by molar-refractivity contribution is -0.158. The van der Waals surface area contributed by atoms with Crippen molar-refractivity contribution in [2.75, 3.05) is 33.9 Å². The standard InChI is InChI=1S/C26H33N5O4/c1-26(18-32,25(34)35-14-13-31(2)3)16-22(28-24(33)23-17-27-30-29-23)15-19-9-11-21(12-10-19)20-7-5-4-6-8-20/h4-12,17,22,32H,13-16,18H2,1-3H3,(H,28,33)(H,27,29,30). The van der Waals surface area contributed by atoms with E-state index in [4.69, 9.17) is 4.74 Å². The van der Waals surface area contributed by atoms with Gasteiger partial charge in [-0.2, -0.15) is 0 Å². The Kier molecular flexibility index (Phi) is 9.11. The summed E-state index contributed by atoms with van der Waals surface area (Å²) < 4.78 is 5.42. The number of hydrogen-bond acceptors (Lipinski definition) is 7. The molecule has 2 atom stereocenters. The zero-order chi connectivity index (χ0) is 25.3. The van der Waals surface area contributed by atoms with Crippen molar-refractivity contribution in [3.63, 3.8) is 0 Å². The molecule has 3 N–H and O–H groups in total. The quantitative estimate of drug-likeness (QED) is 0.341. The zero-order valence-corrected chi connectivity index (χ0v) is 20.4. The highest BCUT2D eigenvalue weighted by molar-refractivity contribution is 5.92. The second-order valence-corrected chi connectivity index (χ2v) is 9.17. The lowest BCUT2D eigenvalue weighted by Gasteiger charge is -2.30. The normalized spacial score (nSPS) is 13.7. The van der Waals surface area contributed by atoms with Crippen LogP contribution in [0, 0.1) is 5.41 Å². The molecule has 9 nitrogen and oxygen atoms in total. The van der Waals surface area contributed by atoms with E-state index in [1.165, 1.54) is 6.20 Å². The highest BCUT2D eigenvalue weighted by atomic mass is 16.5. The molecule has 9 heteroatoms. The number of nitrogens with one attached hydrogen (secondary N) is 2. The number of aromatic amines is 1. The van der Waals surface area contributed by atoms with Gasteiger partial charge in [0.25, 0.3) is 5.91 Å². The van der Waals surface area contributed by atoms with E-state index in [0.29, 0.717) is 13.0 Å². The third-order valence-electron chi connectivity index (χ3n) is 5.85. The van der Waals surface area contributed by atoms with E-state index < -0.39 is 24.0 Å². The lowest BCUT2D eigenvalue weighted by Crippen LogP contribution is -2.45. The van der Waals surface area contributed by atoms with E-state index in [0.717, 1.165) is 16.7 Å². The Morgan fingerprint density at radius 1 is 1.11 bits per heavy atom. The molecule has 0 radical (unpaired) electrons. The number of nitrogens with zero attached hydrogens (tertiary/aromatic N) is 3. The SMILES string of the molecule is CN(C)CCOC(=O)C(C)(CO)CC(Cc1ccc(-c2ccccc2)cc1)NC(=O)c1cnn[nH]1. The van der Waals surface area contributed by atoms with Crippen molar-refractivity contribution in [3.05, 3.63) is 72.1 Å². The van der Waals surface area contributed by atoms with Gasteiger partial charge in [0.05, 0.1) is 18.2 Å². The van der Waals surface area contributed by atoms with Crippen molar-refractivity contribution in [2.24, 2.45) is 5.41 Å². The maximum absolute atomic E-state index is 12.8. The van der Waals surface area contributed by atoms with Crippen molar-refractivity contribution >= 4 is 11.9 Å². The van der Waals surface area contributed by atoms with Crippen molar-refractivity contribution in [1.29, 1.82) is 0 Å². The minimum Gasteiger partial charge on any atom is -0.464 e. The Hall–Kier alpha value is -3.56. The molecule has 0 spiro atoms. The highest BCUT2D eigenvalue weighted by Crippen LogP contribution is 2.27. The van der Waals surface area contributed by atoms with Crippen LogP contribution in [0.1, 0.15) is 29.4 Å². The summed E-state index contributed by atoms with van der Waals surface area (Å²) in [5, 5.41) is 22.9. The third-order valence-corrected chi connectivity index (χ3v) is 5.85. The number of hydrogen-bond donors (Lipinski definition) is 3. The minimum atomic E-state index is -1.18. The minimum absolute atomic E-state index is 0.193. The van der Waals surface area contributed by atoms with Crippen LogP contribution in [-0.2, 0) is 16.0 Å². The molecule has 0 saturated carbocycles. The molecule has 0 aliphatic heterocycles. The topological polar surface area (TPSA) is 120 Å². The fourth-order valence-corrected chi connectivity index (χ4v) is 3.74. The maximum atomic E-state index is 12.8. The van der Waals surface area contributed by atoms with Gasteiger partial charge in [-0.25, -0.2) is 0 Å². The van der Waals surface area contributed by atoms with Crippen molar-refractivity contribution in [3.8, 4) is 11.1 Å². The lowest BCUT2D eigenvalue weighted by atomic mass is 9.82. The molecule has 1 heterocycles. The molecule has 186 valence electrons. The summed E-state index contributed by atoms with van der Waals surface area (Å²) in [6.07, 6.45) is 1.99. The average Bonchev–Trinajstić information content (AvgIpc) is 3.40. The summed E-state index contributed by atoms with van der Waals surface area (Å²) in [5.41, 5.74) is 2.22. The Balaban J connectivity index is 1.76. The second-order valence-electron chi connectivity index (χ2n) is 9.17. The van der Waals surface area contributed by atoms with Crippen LogP contribution < -0.4 is 5.32 Å². The number of amides is 1. The van der Waals surface area contributed by atoms with Gasteiger partial charge < -0.3 is 20.1 Å². The van der Waals surface area contributed by atoms with E-state index in [-0.39, 0.29) is 24.6 Å². The second kappa shape index (κ2) is 12.2. The Morgan fingerprint density at radius 3 is 2.40 bits per heavy atom. The largest absolute Gasteiger partial charge is 0.464 e. The molecule has 0 aliphatic carbocycles. The Labute approximate surface area is 205 Å². The van der Waals surface area contributed by atoms with Crippen LogP contribution in [0.5, 0.6) is 0 Å². The summed E-state index contributed by atoms with van der Waals surface area (Å²) in [6, 6.07) is 17.7.